The molecule has 0 atom stereocenters. The Bertz CT molecular complexity index is 754. The summed E-state index contributed by atoms with van der Waals surface area (Å²) in [7, 11) is 1.68. The number of fused-ring (bicyclic) bond motifs is 1. The van der Waals surface area contributed by atoms with Gasteiger partial charge in [-0.05, 0) is 28.5 Å². The third kappa shape index (κ3) is 2.85. The molecule has 2 N–H and O–H groups in total. The summed E-state index contributed by atoms with van der Waals surface area (Å²) in [5.41, 5.74) is 7.69. The van der Waals surface area contributed by atoms with E-state index in [0.717, 1.165) is 17.1 Å². The zero-order valence-corrected chi connectivity index (χ0v) is 11.9. The van der Waals surface area contributed by atoms with Crippen molar-refractivity contribution in [3.63, 3.8) is 0 Å². The van der Waals surface area contributed by atoms with Crippen molar-refractivity contribution < 1.29 is 4.74 Å². The Kier molecular flexibility index (Phi) is 3.79. The van der Waals surface area contributed by atoms with Crippen LogP contribution in [0.15, 0.2) is 48.8 Å². The molecule has 4 nitrogen and oxygen atoms in total. The molecule has 0 radical (unpaired) electrons. The highest BCUT2D eigenvalue weighted by Gasteiger charge is 2.05. The van der Waals surface area contributed by atoms with E-state index in [1.54, 1.807) is 19.5 Å². The Hall–Kier alpha value is -2.46. The molecule has 4 heteroatoms. The Balaban J connectivity index is 1.98. The van der Waals surface area contributed by atoms with Crippen LogP contribution in [0.3, 0.4) is 0 Å². The van der Waals surface area contributed by atoms with Gasteiger partial charge in [0.1, 0.15) is 11.6 Å². The van der Waals surface area contributed by atoms with E-state index in [1.807, 2.05) is 6.07 Å². The summed E-state index contributed by atoms with van der Waals surface area (Å²) < 4.78 is 5.31. The van der Waals surface area contributed by atoms with Gasteiger partial charge in [0, 0.05) is 30.9 Å². The van der Waals surface area contributed by atoms with Crippen molar-refractivity contribution in [1.82, 2.24) is 9.97 Å². The van der Waals surface area contributed by atoms with E-state index in [1.165, 1.54) is 16.3 Å². The third-order valence-electron chi connectivity index (χ3n) is 3.52. The molecule has 0 bridgehead atoms. The fourth-order valence-electron chi connectivity index (χ4n) is 2.35. The molecular formula is C17H17N3O. The van der Waals surface area contributed by atoms with Crippen LogP contribution in [0.2, 0.25) is 0 Å². The van der Waals surface area contributed by atoms with Gasteiger partial charge in [0.2, 0.25) is 0 Å². The number of hydrogen-bond acceptors (Lipinski definition) is 4. The van der Waals surface area contributed by atoms with E-state index in [-0.39, 0.29) is 0 Å². The van der Waals surface area contributed by atoms with E-state index >= 15 is 0 Å². The smallest absolute Gasteiger partial charge is 0.132 e. The normalized spacial score (nSPS) is 10.8. The van der Waals surface area contributed by atoms with E-state index in [2.05, 4.69) is 40.3 Å². The number of hydrogen-bond donors (Lipinski definition) is 1. The molecule has 21 heavy (non-hydrogen) atoms. The van der Waals surface area contributed by atoms with Gasteiger partial charge in [0.15, 0.2) is 0 Å². The SMILES string of the molecule is COc1ccc2cccc(Cc3ncc(CN)cn3)c2c1. The molecule has 106 valence electrons. The summed E-state index contributed by atoms with van der Waals surface area (Å²) in [6.45, 7) is 0.464. The standard InChI is InChI=1S/C17H17N3O/c1-21-15-6-5-13-3-2-4-14(16(13)8-15)7-17-19-10-12(9-18)11-20-17/h2-6,8,10-11H,7,9,18H2,1H3. The number of benzene rings is 2. The second kappa shape index (κ2) is 5.89. The first kappa shape index (κ1) is 13.5. The molecule has 0 saturated heterocycles. The summed E-state index contributed by atoms with van der Waals surface area (Å²) in [4.78, 5) is 8.74. The molecule has 0 aliphatic rings. The molecule has 3 aromatic rings. The van der Waals surface area contributed by atoms with Crippen LogP contribution in [0, 0.1) is 0 Å². The van der Waals surface area contributed by atoms with Crippen molar-refractivity contribution in [3.8, 4) is 5.75 Å². The van der Waals surface area contributed by atoms with Crippen molar-refractivity contribution in [2.75, 3.05) is 7.11 Å². The second-order valence-corrected chi connectivity index (χ2v) is 4.89. The molecule has 2 aromatic carbocycles. The number of aromatic nitrogens is 2. The second-order valence-electron chi connectivity index (χ2n) is 4.89. The van der Waals surface area contributed by atoms with Gasteiger partial charge < -0.3 is 10.5 Å². The van der Waals surface area contributed by atoms with Crippen LogP contribution in [0.4, 0.5) is 0 Å². The van der Waals surface area contributed by atoms with Crippen LogP contribution in [-0.4, -0.2) is 17.1 Å². The van der Waals surface area contributed by atoms with Crippen LogP contribution >= 0.6 is 0 Å². The van der Waals surface area contributed by atoms with E-state index in [9.17, 15) is 0 Å². The molecular weight excluding hydrogens is 262 g/mol. The van der Waals surface area contributed by atoms with Crippen LogP contribution in [0.25, 0.3) is 10.8 Å². The lowest BCUT2D eigenvalue weighted by Gasteiger charge is -2.08. The minimum atomic E-state index is 0.464. The third-order valence-corrected chi connectivity index (χ3v) is 3.52. The largest absolute Gasteiger partial charge is 0.497 e. The molecule has 3 rings (SSSR count). The molecule has 0 saturated carbocycles. The van der Waals surface area contributed by atoms with Crippen LogP contribution in [0.5, 0.6) is 5.75 Å². The van der Waals surface area contributed by atoms with Crippen molar-refractivity contribution in [3.05, 3.63) is 65.7 Å². The first-order chi connectivity index (χ1) is 10.3. The first-order valence-corrected chi connectivity index (χ1v) is 6.85. The van der Waals surface area contributed by atoms with Crippen molar-refractivity contribution in [1.29, 1.82) is 0 Å². The molecule has 1 heterocycles. The summed E-state index contributed by atoms with van der Waals surface area (Å²) in [5.74, 6) is 1.65. The van der Waals surface area contributed by atoms with Crippen LogP contribution in [0.1, 0.15) is 17.0 Å². The summed E-state index contributed by atoms with van der Waals surface area (Å²) in [5, 5.41) is 2.36. The zero-order valence-electron chi connectivity index (χ0n) is 11.9. The van der Waals surface area contributed by atoms with Crippen molar-refractivity contribution >= 4 is 10.8 Å². The summed E-state index contributed by atoms with van der Waals surface area (Å²) >= 11 is 0. The maximum Gasteiger partial charge on any atom is 0.132 e. The maximum atomic E-state index is 5.56. The summed E-state index contributed by atoms with van der Waals surface area (Å²) in [6, 6.07) is 12.3. The first-order valence-electron chi connectivity index (χ1n) is 6.85. The van der Waals surface area contributed by atoms with Gasteiger partial charge >= 0.3 is 0 Å². The summed E-state index contributed by atoms with van der Waals surface area (Å²) in [6.07, 6.45) is 4.26. The van der Waals surface area contributed by atoms with Gasteiger partial charge in [0.05, 0.1) is 7.11 Å². The fourth-order valence-corrected chi connectivity index (χ4v) is 2.35. The van der Waals surface area contributed by atoms with Crippen LogP contribution < -0.4 is 10.5 Å². The van der Waals surface area contributed by atoms with Gasteiger partial charge in [-0.1, -0.05) is 24.3 Å². The zero-order chi connectivity index (χ0) is 14.7. The quantitative estimate of drug-likeness (QED) is 0.797. The van der Waals surface area contributed by atoms with Gasteiger partial charge in [-0.3, -0.25) is 0 Å². The lowest BCUT2D eigenvalue weighted by molar-refractivity contribution is 0.415. The average molecular weight is 279 g/mol. The number of ether oxygens (including phenoxy) is 1. The van der Waals surface area contributed by atoms with E-state index in [4.69, 9.17) is 10.5 Å². The Morgan fingerprint density at radius 3 is 2.62 bits per heavy atom. The fraction of sp³-hybridized carbons (Fsp3) is 0.176. The van der Waals surface area contributed by atoms with Crippen molar-refractivity contribution in [2.24, 2.45) is 5.73 Å². The number of rotatable bonds is 4. The van der Waals surface area contributed by atoms with Gasteiger partial charge in [-0.25, -0.2) is 9.97 Å². The highest BCUT2D eigenvalue weighted by atomic mass is 16.5. The molecule has 1 aromatic heterocycles. The maximum absolute atomic E-state index is 5.56. The Labute approximate surface area is 123 Å². The van der Waals surface area contributed by atoms with Gasteiger partial charge in [0.25, 0.3) is 0 Å². The highest BCUT2D eigenvalue weighted by molar-refractivity contribution is 5.87. The Morgan fingerprint density at radius 1 is 1.10 bits per heavy atom. The number of nitrogens with two attached hydrogens (primary N) is 1. The average Bonchev–Trinajstić information content (AvgIpc) is 2.55. The monoisotopic (exact) mass is 279 g/mol. The Morgan fingerprint density at radius 2 is 1.90 bits per heavy atom. The topological polar surface area (TPSA) is 61.0 Å². The molecule has 0 fully saturated rings. The molecule has 0 aliphatic carbocycles. The molecule has 0 amide bonds. The minimum absolute atomic E-state index is 0.464. The van der Waals surface area contributed by atoms with Crippen molar-refractivity contribution in [2.45, 2.75) is 13.0 Å². The van der Waals surface area contributed by atoms with E-state index < -0.39 is 0 Å². The van der Waals surface area contributed by atoms with Crippen LogP contribution in [-0.2, 0) is 13.0 Å². The molecule has 0 unspecified atom stereocenters. The van der Waals surface area contributed by atoms with Gasteiger partial charge in [-0.2, -0.15) is 0 Å². The minimum Gasteiger partial charge on any atom is -0.497 e. The molecule has 0 aliphatic heterocycles. The highest BCUT2D eigenvalue weighted by Crippen LogP contribution is 2.25. The predicted octanol–water partition coefficient (Wildman–Crippen LogP) is 2.69. The lowest BCUT2D eigenvalue weighted by atomic mass is 10.0. The molecule has 0 spiro atoms. The van der Waals surface area contributed by atoms with E-state index in [0.29, 0.717) is 13.0 Å². The lowest BCUT2D eigenvalue weighted by Crippen LogP contribution is -2.02. The predicted molar refractivity (Wildman–Crippen MR) is 83.2 cm³/mol. The van der Waals surface area contributed by atoms with Gasteiger partial charge in [-0.15, -0.1) is 0 Å². The number of methoxy groups -OCH3 is 1. The number of nitrogens with zero attached hydrogens (tertiary/aromatic N) is 2.